The molecule has 2 aliphatic heterocycles. The number of hydrogen-bond donors (Lipinski definition) is 1. The summed E-state index contributed by atoms with van der Waals surface area (Å²) in [6.07, 6.45) is 6.61. The van der Waals surface area contributed by atoms with Gasteiger partial charge < -0.3 is 29.2 Å². The Hall–Kier alpha value is -2.33. The molecule has 2 saturated heterocycles. The van der Waals surface area contributed by atoms with Crippen molar-refractivity contribution < 1.29 is 18.9 Å². The molecule has 1 aromatic carbocycles. The Morgan fingerprint density at radius 1 is 1.10 bits per heavy atom. The summed E-state index contributed by atoms with van der Waals surface area (Å²) < 4.78 is 24.3. The quantitative estimate of drug-likeness (QED) is 0.494. The van der Waals surface area contributed by atoms with E-state index in [0.717, 1.165) is 69.3 Å². The van der Waals surface area contributed by atoms with Gasteiger partial charge in [0.1, 0.15) is 10.8 Å². The van der Waals surface area contributed by atoms with Gasteiger partial charge in [-0.05, 0) is 68.2 Å². The van der Waals surface area contributed by atoms with Gasteiger partial charge >= 0.3 is 0 Å². The van der Waals surface area contributed by atoms with Crippen LogP contribution in [0.15, 0.2) is 35.3 Å². The number of methoxy groups -OCH3 is 1. The molecule has 9 nitrogen and oxygen atoms in total. The van der Waals surface area contributed by atoms with Crippen molar-refractivity contribution >= 4 is 23.0 Å². The average molecular weight is 559 g/mol. The smallest absolute Gasteiger partial charge is 0.287 e. The minimum atomic E-state index is -0.214. The van der Waals surface area contributed by atoms with Gasteiger partial charge in [0, 0.05) is 37.3 Å². The minimum Gasteiger partial charge on any atom is -0.497 e. The highest BCUT2D eigenvalue weighted by atomic mass is 35.5. The average Bonchev–Trinajstić information content (AvgIpc) is 3.78. The number of benzene rings is 1. The molecule has 0 spiro atoms. The zero-order valence-electron chi connectivity index (χ0n) is 22.6. The first-order valence-electron chi connectivity index (χ1n) is 14.3. The van der Waals surface area contributed by atoms with Crippen molar-refractivity contribution in [3.05, 3.63) is 45.8 Å². The topological polar surface area (TPSA) is 87.1 Å². The molecule has 212 valence electrons. The molecule has 3 heterocycles. The van der Waals surface area contributed by atoms with Crippen molar-refractivity contribution in [3.8, 4) is 5.75 Å². The molecule has 10 heteroatoms. The van der Waals surface area contributed by atoms with E-state index in [1.54, 1.807) is 18.0 Å². The maximum atomic E-state index is 13.2. The number of hydrogen-bond acceptors (Lipinski definition) is 8. The van der Waals surface area contributed by atoms with Gasteiger partial charge in [0.15, 0.2) is 0 Å². The second-order valence-corrected chi connectivity index (χ2v) is 11.7. The van der Waals surface area contributed by atoms with Crippen LogP contribution in [0.5, 0.6) is 5.75 Å². The minimum absolute atomic E-state index is 0.0336. The molecule has 4 atom stereocenters. The fourth-order valence-corrected chi connectivity index (χ4v) is 6.73. The zero-order valence-corrected chi connectivity index (χ0v) is 23.4. The Morgan fingerprint density at radius 2 is 1.92 bits per heavy atom. The molecular weight excluding hydrogens is 520 g/mol. The number of ether oxygens (including phenoxy) is 4. The molecule has 39 heavy (non-hydrogen) atoms. The second-order valence-electron chi connectivity index (χ2n) is 11.3. The van der Waals surface area contributed by atoms with Gasteiger partial charge in [-0.2, -0.15) is 5.10 Å². The molecule has 4 fully saturated rings. The summed E-state index contributed by atoms with van der Waals surface area (Å²) in [4.78, 5) is 15.7. The van der Waals surface area contributed by atoms with Gasteiger partial charge in [0.2, 0.25) is 0 Å². The van der Waals surface area contributed by atoms with Gasteiger partial charge in [-0.3, -0.25) is 4.79 Å². The number of rotatable bonds is 9. The van der Waals surface area contributed by atoms with Crippen molar-refractivity contribution in [2.75, 3.05) is 63.5 Å². The highest BCUT2D eigenvalue weighted by Gasteiger charge is 2.45. The van der Waals surface area contributed by atoms with E-state index in [2.05, 4.69) is 27.4 Å². The first kappa shape index (κ1) is 26.9. The van der Waals surface area contributed by atoms with Crippen LogP contribution in [0.2, 0.25) is 5.02 Å². The van der Waals surface area contributed by atoms with Crippen molar-refractivity contribution in [1.29, 1.82) is 0 Å². The standard InChI is InChI=1S/C29H39ClN4O5/c1-36-24-8-6-22(7-9-24)33(15-25-18-37-10-11-39-25)21-2-4-23(5-3-21)34-29(35)28(30)27(14-32-34)31-13-20-17-38-16-19-12-26(19)20/h6-9,14,19-21,23,25-26,31H,2-5,10-13,15-18H2,1H3/t19-,20-,21?,23?,25-,26-/m1/s1. The fourth-order valence-electron chi connectivity index (χ4n) is 6.53. The van der Waals surface area contributed by atoms with Crippen LogP contribution in [0.1, 0.15) is 38.1 Å². The summed E-state index contributed by atoms with van der Waals surface area (Å²) in [6, 6.07) is 8.57. The van der Waals surface area contributed by atoms with Crippen molar-refractivity contribution in [2.45, 2.75) is 50.3 Å². The lowest BCUT2D eigenvalue weighted by molar-refractivity contribution is -0.0847. The van der Waals surface area contributed by atoms with Crippen LogP contribution in [-0.2, 0) is 14.2 Å². The Labute approximate surface area is 234 Å². The molecule has 0 unspecified atom stereocenters. The number of aromatic nitrogens is 2. The van der Waals surface area contributed by atoms with Crippen LogP contribution < -0.4 is 20.5 Å². The van der Waals surface area contributed by atoms with E-state index in [-0.39, 0.29) is 22.7 Å². The molecule has 0 radical (unpaired) electrons. The third-order valence-corrected chi connectivity index (χ3v) is 9.25. The molecule has 4 aliphatic rings. The van der Waals surface area contributed by atoms with Crippen LogP contribution in [0.3, 0.4) is 0 Å². The number of nitrogens with zero attached hydrogens (tertiary/aromatic N) is 3. The van der Waals surface area contributed by atoms with E-state index in [1.165, 1.54) is 6.42 Å². The number of fused-ring (bicyclic) bond motifs is 1. The lowest BCUT2D eigenvalue weighted by Gasteiger charge is -2.40. The molecule has 6 rings (SSSR count). The monoisotopic (exact) mass is 558 g/mol. The highest BCUT2D eigenvalue weighted by molar-refractivity contribution is 6.32. The van der Waals surface area contributed by atoms with Gasteiger partial charge in [0.05, 0.1) is 57.6 Å². The Bertz CT molecular complexity index is 1160. The van der Waals surface area contributed by atoms with Gasteiger partial charge in [-0.25, -0.2) is 4.68 Å². The summed E-state index contributed by atoms with van der Waals surface area (Å²) in [6.45, 7) is 5.07. The summed E-state index contributed by atoms with van der Waals surface area (Å²) in [5.74, 6) is 2.76. The van der Waals surface area contributed by atoms with Gasteiger partial charge in [-0.15, -0.1) is 0 Å². The van der Waals surface area contributed by atoms with E-state index in [0.29, 0.717) is 43.4 Å². The zero-order chi connectivity index (χ0) is 26.8. The second kappa shape index (κ2) is 12.0. The van der Waals surface area contributed by atoms with Crippen molar-refractivity contribution in [1.82, 2.24) is 9.78 Å². The van der Waals surface area contributed by atoms with Crippen LogP contribution in [0.4, 0.5) is 11.4 Å². The summed E-state index contributed by atoms with van der Waals surface area (Å²) in [7, 11) is 1.68. The Morgan fingerprint density at radius 3 is 2.67 bits per heavy atom. The van der Waals surface area contributed by atoms with Crippen LogP contribution >= 0.6 is 11.6 Å². The summed E-state index contributed by atoms with van der Waals surface area (Å²) >= 11 is 6.56. The third kappa shape index (κ3) is 6.06. The molecule has 1 aromatic heterocycles. The van der Waals surface area contributed by atoms with Crippen molar-refractivity contribution in [3.63, 3.8) is 0 Å². The van der Waals surface area contributed by atoms with E-state index in [4.69, 9.17) is 30.5 Å². The molecule has 0 bridgehead atoms. The first-order valence-corrected chi connectivity index (χ1v) is 14.7. The normalized spacial score (nSPS) is 30.3. The van der Waals surface area contributed by atoms with Gasteiger partial charge in [0.25, 0.3) is 5.56 Å². The molecular formula is C29H39ClN4O5. The summed E-state index contributed by atoms with van der Waals surface area (Å²) in [5.41, 5.74) is 1.55. The maximum absolute atomic E-state index is 13.2. The van der Waals surface area contributed by atoms with Crippen LogP contribution in [0.25, 0.3) is 0 Å². The molecule has 2 aliphatic carbocycles. The van der Waals surface area contributed by atoms with E-state index in [1.807, 2.05) is 12.1 Å². The number of halogens is 1. The van der Waals surface area contributed by atoms with Crippen LogP contribution in [-0.4, -0.2) is 75.2 Å². The highest BCUT2D eigenvalue weighted by Crippen LogP contribution is 2.47. The SMILES string of the molecule is COc1ccc(N(C[C@@H]2COCCO2)C2CCC(n3ncc(NC[C@@H]4COC[C@H]5C[C@@H]45)c(Cl)c3=O)CC2)cc1. The predicted molar refractivity (Wildman–Crippen MR) is 150 cm³/mol. The fraction of sp³-hybridized carbons (Fsp3) is 0.655. The predicted octanol–water partition coefficient (Wildman–Crippen LogP) is 4.01. The number of nitrogens with one attached hydrogen (secondary N) is 1. The third-order valence-electron chi connectivity index (χ3n) is 8.89. The molecule has 1 N–H and O–H groups in total. The van der Waals surface area contributed by atoms with Crippen LogP contribution in [0, 0.1) is 17.8 Å². The first-order chi connectivity index (χ1) is 19.1. The van der Waals surface area contributed by atoms with E-state index < -0.39 is 0 Å². The van der Waals surface area contributed by atoms with Crippen molar-refractivity contribution in [2.24, 2.45) is 17.8 Å². The lowest BCUT2D eigenvalue weighted by Crippen LogP contribution is -2.46. The largest absolute Gasteiger partial charge is 0.497 e. The van der Waals surface area contributed by atoms with Gasteiger partial charge in [-0.1, -0.05) is 11.6 Å². The molecule has 2 aromatic rings. The Balaban J connectivity index is 1.10. The van der Waals surface area contributed by atoms with E-state index >= 15 is 0 Å². The molecule has 2 saturated carbocycles. The lowest BCUT2D eigenvalue weighted by atomic mass is 9.89. The molecule has 0 amide bonds. The maximum Gasteiger partial charge on any atom is 0.287 e. The Kier molecular flexibility index (Phi) is 8.30. The summed E-state index contributed by atoms with van der Waals surface area (Å²) in [5, 5.41) is 8.16. The van der Waals surface area contributed by atoms with E-state index in [9.17, 15) is 4.79 Å². The number of anilines is 2.